The zero-order valence-corrected chi connectivity index (χ0v) is 34.2. The molecule has 0 aliphatic carbocycles. The predicted octanol–water partition coefficient (Wildman–Crippen LogP) is 13.2. The lowest BCUT2D eigenvalue weighted by Gasteiger charge is -2.14. The van der Waals surface area contributed by atoms with Gasteiger partial charge in [-0.05, 0) is 83.9 Å². The van der Waals surface area contributed by atoms with E-state index in [1.165, 1.54) is 21.5 Å². The van der Waals surface area contributed by atoms with Crippen LogP contribution in [0, 0.1) is 0 Å². The molecule has 13 rings (SSSR count). The fraction of sp³-hybridized carbons (Fsp3) is 0. The molecule has 0 amide bonds. The molecule has 0 N–H and O–H groups in total. The van der Waals surface area contributed by atoms with Crippen LogP contribution in [0.1, 0.15) is 0 Å². The maximum absolute atomic E-state index is 5.07. The minimum Gasteiger partial charge on any atom is -0.309 e. The highest BCUT2D eigenvalue weighted by atomic mass is 15.0. The monoisotopic (exact) mass is 818 g/mol. The Hall–Kier alpha value is -8.88. The molecule has 8 heteroatoms. The summed E-state index contributed by atoms with van der Waals surface area (Å²) in [5, 5.41) is 5.71. The van der Waals surface area contributed by atoms with E-state index < -0.39 is 0 Å². The van der Waals surface area contributed by atoms with Crippen LogP contribution in [-0.4, -0.2) is 39.0 Å². The molecule has 8 aromatic carbocycles. The second-order valence-electron chi connectivity index (χ2n) is 15.9. The minimum atomic E-state index is 0.570. The molecule has 0 unspecified atom stereocenters. The molecule has 0 fully saturated rings. The first kappa shape index (κ1) is 35.8. The summed E-state index contributed by atoms with van der Waals surface area (Å²) in [5.41, 5.74) is 14.0. The molecule has 0 aliphatic heterocycles. The minimum absolute atomic E-state index is 0.570. The van der Waals surface area contributed by atoms with E-state index in [-0.39, 0.29) is 0 Å². The standard InChI is InChI=1S/C56H34N8/c1-3-13-35(14-4-1)54-60-55(36-15-5-2-6-16-36)62-56(61-54)42-26-29-48(41-19-12-30-58-52(41)42)63-46-21-9-7-17-39(46)43-33-37(24-27-49(43)63)38-25-28-50-44(34-38)40-18-8-10-22-47(40)64(50)51-23-11-20-45-53(51)59-32-31-57-45/h1-34H. The zero-order valence-electron chi connectivity index (χ0n) is 34.2. The number of aromatic nitrogens is 8. The van der Waals surface area contributed by atoms with Gasteiger partial charge in [-0.25, -0.2) is 15.0 Å². The lowest BCUT2D eigenvalue weighted by atomic mass is 10.0. The van der Waals surface area contributed by atoms with Crippen molar-refractivity contribution in [3.05, 3.63) is 207 Å². The smallest absolute Gasteiger partial charge is 0.166 e. The third-order valence-corrected chi connectivity index (χ3v) is 12.3. The molecule has 0 radical (unpaired) electrons. The van der Waals surface area contributed by atoms with E-state index in [2.05, 4.69) is 129 Å². The third kappa shape index (κ3) is 5.63. The lowest BCUT2D eigenvalue weighted by Crippen LogP contribution is -2.02. The van der Waals surface area contributed by atoms with Crippen molar-refractivity contribution in [1.82, 2.24) is 39.0 Å². The van der Waals surface area contributed by atoms with Crippen LogP contribution >= 0.6 is 0 Å². The van der Waals surface area contributed by atoms with Crippen LogP contribution in [0.4, 0.5) is 0 Å². The van der Waals surface area contributed by atoms with Crippen molar-refractivity contribution >= 4 is 65.5 Å². The SMILES string of the molecule is c1ccc(-c2nc(-c3ccccc3)nc(-c3ccc(-n4c5ccccc5c5cc(-c6ccc7c(c6)c6ccccc6n7-c6cccc7nccnc67)ccc54)c4cccnc34)n2)cc1. The van der Waals surface area contributed by atoms with E-state index in [9.17, 15) is 0 Å². The van der Waals surface area contributed by atoms with E-state index in [4.69, 9.17) is 24.9 Å². The summed E-state index contributed by atoms with van der Waals surface area (Å²) < 4.78 is 4.68. The normalized spacial score (nSPS) is 11.8. The second-order valence-corrected chi connectivity index (χ2v) is 15.9. The van der Waals surface area contributed by atoms with Crippen molar-refractivity contribution in [2.75, 3.05) is 0 Å². The van der Waals surface area contributed by atoms with Gasteiger partial charge in [-0.3, -0.25) is 15.0 Å². The first-order valence-electron chi connectivity index (χ1n) is 21.3. The Morgan fingerprint density at radius 2 is 0.828 bits per heavy atom. The van der Waals surface area contributed by atoms with Gasteiger partial charge >= 0.3 is 0 Å². The predicted molar refractivity (Wildman–Crippen MR) is 259 cm³/mol. The van der Waals surface area contributed by atoms with Crippen LogP contribution in [0.15, 0.2) is 207 Å². The van der Waals surface area contributed by atoms with Gasteiger partial charge in [0, 0.05) is 62.2 Å². The number of pyridine rings is 1. The Balaban J connectivity index is 0.968. The molecule has 0 bridgehead atoms. The van der Waals surface area contributed by atoms with Crippen molar-refractivity contribution in [2.24, 2.45) is 0 Å². The Kier molecular flexibility index (Phi) is 8.04. The van der Waals surface area contributed by atoms with Gasteiger partial charge in [0.15, 0.2) is 17.5 Å². The molecule has 8 nitrogen and oxygen atoms in total. The van der Waals surface area contributed by atoms with Gasteiger partial charge < -0.3 is 9.13 Å². The molecule has 0 atom stereocenters. The molecule has 64 heavy (non-hydrogen) atoms. The van der Waals surface area contributed by atoms with Gasteiger partial charge in [-0.1, -0.05) is 115 Å². The molecule has 0 aliphatic rings. The average Bonchev–Trinajstić information content (AvgIpc) is 3.88. The van der Waals surface area contributed by atoms with Crippen molar-refractivity contribution in [1.29, 1.82) is 0 Å². The topological polar surface area (TPSA) is 87.2 Å². The first-order valence-corrected chi connectivity index (χ1v) is 21.3. The fourth-order valence-corrected chi connectivity index (χ4v) is 9.44. The number of hydrogen-bond donors (Lipinski definition) is 0. The van der Waals surface area contributed by atoms with Gasteiger partial charge in [0.2, 0.25) is 0 Å². The summed E-state index contributed by atoms with van der Waals surface area (Å²) in [6.07, 6.45) is 5.35. The van der Waals surface area contributed by atoms with Gasteiger partial charge in [0.25, 0.3) is 0 Å². The van der Waals surface area contributed by atoms with Gasteiger partial charge in [0.1, 0.15) is 5.52 Å². The van der Waals surface area contributed by atoms with Crippen molar-refractivity contribution < 1.29 is 0 Å². The van der Waals surface area contributed by atoms with E-state index >= 15 is 0 Å². The summed E-state index contributed by atoms with van der Waals surface area (Å²) in [5.74, 6) is 1.79. The molecule has 13 aromatic rings. The Labute approximate surface area is 366 Å². The van der Waals surface area contributed by atoms with Gasteiger partial charge in [-0.2, -0.15) is 0 Å². The molecule has 0 saturated heterocycles. The number of para-hydroxylation sites is 3. The Morgan fingerprint density at radius 3 is 1.48 bits per heavy atom. The van der Waals surface area contributed by atoms with E-state index in [1.54, 1.807) is 12.4 Å². The highest BCUT2D eigenvalue weighted by molar-refractivity contribution is 6.14. The highest BCUT2D eigenvalue weighted by Gasteiger charge is 2.21. The molecule has 0 saturated carbocycles. The summed E-state index contributed by atoms with van der Waals surface area (Å²) in [4.78, 5) is 29.4. The van der Waals surface area contributed by atoms with Crippen LogP contribution in [0.2, 0.25) is 0 Å². The molecular formula is C56H34N8. The van der Waals surface area contributed by atoms with Crippen LogP contribution in [0.25, 0.3) is 122 Å². The molecule has 5 aromatic heterocycles. The van der Waals surface area contributed by atoms with Crippen LogP contribution < -0.4 is 0 Å². The Bertz CT molecular complexity index is 3900. The fourth-order valence-electron chi connectivity index (χ4n) is 9.44. The summed E-state index contributed by atoms with van der Waals surface area (Å²) in [6.45, 7) is 0. The van der Waals surface area contributed by atoms with Crippen molar-refractivity contribution in [2.45, 2.75) is 0 Å². The average molecular weight is 819 g/mol. The largest absolute Gasteiger partial charge is 0.309 e. The van der Waals surface area contributed by atoms with Crippen LogP contribution in [-0.2, 0) is 0 Å². The van der Waals surface area contributed by atoms with E-state index in [0.29, 0.717) is 17.5 Å². The quantitative estimate of drug-likeness (QED) is 0.166. The summed E-state index contributed by atoms with van der Waals surface area (Å²) in [7, 11) is 0. The molecular weight excluding hydrogens is 785 g/mol. The lowest BCUT2D eigenvalue weighted by molar-refractivity contribution is 1.07. The zero-order chi connectivity index (χ0) is 42.1. The second kappa shape index (κ2) is 14.4. The van der Waals surface area contributed by atoms with Crippen LogP contribution in [0.3, 0.4) is 0 Å². The summed E-state index contributed by atoms with van der Waals surface area (Å²) in [6, 6.07) is 65.7. The number of hydrogen-bond acceptors (Lipinski definition) is 6. The molecule has 0 spiro atoms. The number of fused-ring (bicyclic) bond motifs is 8. The number of rotatable bonds is 6. The van der Waals surface area contributed by atoms with E-state index in [0.717, 1.165) is 83.2 Å². The Morgan fingerprint density at radius 1 is 0.297 bits per heavy atom. The van der Waals surface area contributed by atoms with Crippen LogP contribution in [0.5, 0.6) is 0 Å². The van der Waals surface area contributed by atoms with Gasteiger partial charge in [-0.15, -0.1) is 0 Å². The third-order valence-electron chi connectivity index (χ3n) is 12.3. The number of benzene rings is 8. The maximum Gasteiger partial charge on any atom is 0.166 e. The van der Waals surface area contributed by atoms with Gasteiger partial charge in [0.05, 0.1) is 44.5 Å². The molecule has 5 heterocycles. The summed E-state index contributed by atoms with van der Waals surface area (Å²) >= 11 is 0. The van der Waals surface area contributed by atoms with E-state index in [1.807, 2.05) is 79.0 Å². The maximum atomic E-state index is 5.07. The van der Waals surface area contributed by atoms with Crippen molar-refractivity contribution in [3.63, 3.8) is 0 Å². The first-order chi connectivity index (χ1) is 31.7. The number of nitrogens with zero attached hydrogens (tertiary/aromatic N) is 8. The van der Waals surface area contributed by atoms with Crippen molar-refractivity contribution in [3.8, 4) is 56.7 Å². The highest BCUT2D eigenvalue weighted by Crippen LogP contribution is 2.41. The molecule has 298 valence electrons.